The maximum absolute atomic E-state index is 5.61. The Morgan fingerprint density at radius 2 is 1.04 bits per heavy atom. The molecular weight excluding hydrogens is 421 g/mol. The minimum Gasteiger partial charge on any atom is -0.491 e. The topological polar surface area (TPSA) is 62.9 Å². The van der Waals surface area contributed by atoms with Crippen molar-refractivity contribution in [1.82, 2.24) is 0 Å². The van der Waals surface area contributed by atoms with Gasteiger partial charge in [-0.2, -0.15) is 0 Å². The van der Waals surface area contributed by atoms with E-state index >= 15 is 0 Å². The largest absolute Gasteiger partial charge is 0.491 e. The van der Waals surface area contributed by atoms with Crippen molar-refractivity contribution >= 4 is 28.3 Å². The molecule has 0 aliphatic heterocycles. The Hall–Kier alpha value is -1.51. The van der Waals surface area contributed by atoms with E-state index in [4.69, 9.17) is 24.7 Å². The van der Waals surface area contributed by atoms with Crippen LogP contribution in [0.3, 0.4) is 0 Å². The normalized spacial score (nSPS) is 10.5. The van der Waals surface area contributed by atoms with Crippen LogP contribution in [0.4, 0.5) is 5.69 Å². The van der Waals surface area contributed by atoms with Crippen molar-refractivity contribution in [2.45, 2.75) is 0 Å². The molecule has 24 heavy (non-hydrogen) atoms. The lowest BCUT2D eigenvalue weighted by atomic mass is 10.3. The quantitative estimate of drug-likeness (QED) is 0.328. The maximum atomic E-state index is 5.61. The first-order valence-electron chi connectivity index (χ1n) is 7.76. The third-order valence-corrected chi connectivity index (χ3v) is 3.78. The van der Waals surface area contributed by atoms with Gasteiger partial charge in [0.25, 0.3) is 0 Å². The zero-order valence-corrected chi connectivity index (χ0v) is 15.6. The van der Waals surface area contributed by atoms with Gasteiger partial charge in [0.05, 0.1) is 26.4 Å². The summed E-state index contributed by atoms with van der Waals surface area (Å²) < 4.78 is 23.2. The van der Waals surface area contributed by atoms with Gasteiger partial charge >= 0.3 is 0 Å². The summed E-state index contributed by atoms with van der Waals surface area (Å²) in [5, 5.41) is 0. The fourth-order valence-electron chi connectivity index (χ4n) is 1.85. The van der Waals surface area contributed by atoms with E-state index in [9.17, 15) is 0 Å². The molecule has 0 unspecified atom stereocenters. The maximum Gasteiger partial charge on any atom is 0.119 e. The highest BCUT2D eigenvalue weighted by Crippen LogP contribution is 2.13. The van der Waals surface area contributed by atoms with Gasteiger partial charge in [0.1, 0.15) is 24.7 Å². The summed E-state index contributed by atoms with van der Waals surface area (Å²) >= 11 is 2.26. The van der Waals surface area contributed by atoms with Gasteiger partial charge in [0, 0.05) is 9.26 Å². The highest BCUT2D eigenvalue weighted by atomic mass is 127. The van der Waals surface area contributed by atoms with E-state index in [1.54, 1.807) is 0 Å². The summed E-state index contributed by atoms with van der Waals surface area (Å²) in [6, 6.07) is 15.2. The van der Waals surface area contributed by atoms with E-state index in [1.165, 1.54) is 3.57 Å². The van der Waals surface area contributed by atoms with Crippen LogP contribution < -0.4 is 15.2 Å². The molecular formula is C18H22INO4. The Labute approximate surface area is 156 Å². The molecule has 0 heterocycles. The molecule has 0 aliphatic rings. The number of halogens is 1. The number of anilines is 1. The van der Waals surface area contributed by atoms with Crippen LogP contribution in [0.2, 0.25) is 0 Å². The van der Waals surface area contributed by atoms with E-state index in [2.05, 4.69) is 22.6 Å². The molecule has 2 aromatic carbocycles. The number of ether oxygens (including phenoxy) is 4. The summed E-state index contributed by atoms with van der Waals surface area (Å²) in [6.07, 6.45) is 0. The SMILES string of the molecule is Nc1ccc(OCCOCCOCCOc2ccc(I)cc2)cc1. The molecule has 0 bridgehead atoms. The number of benzene rings is 2. The molecule has 0 saturated carbocycles. The van der Waals surface area contributed by atoms with Crippen molar-refractivity contribution in [3.05, 3.63) is 52.1 Å². The highest BCUT2D eigenvalue weighted by Gasteiger charge is 1.96. The van der Waals surface area contributed by atoms with E-state index < -0.39 is 0 Å². The molecule has 0 radical (unpaired) electrons. The molecule has 0 spiro atoms. The minimum atomic E-state index is 0.500. The predicted octanol–water partition coefficient (Wildman–Crippen LogP) is 3.36. The third kappa shape index (κ3) is 7.85. The van der Waals surface area contributed by atoms with Gasteiger partial charge in [-0.15, -0.1) is 0 Å². The van der Waals surface area contributed by atoms with Crippen molar-refractivity contribution in [2.75, 3.05) is 45.4 Å². The summed E-state index contributed by atoms with van der Waals surface area (Å²) in [5.74, 6) is 1.65. The number of hydrogen-bond acceptors (Lipinski definition) is 5. The fraction of sp³-hybridized carbons (Fsp3) is 0.333. The molecule has 2 aromatic rings. The fourth-order valence-corrected chi connectivity index (χ4v) is 2.21. The van der Waals surface area contributed by atoms with Crippen molar-refractivity contribution in [1.29, 1.82) is 0 Å². The molecule has 5 nitrogen and oxygen atoms in total. The number of rotatable bonds is 11. The molecule has 2 rings (SSSR count). The molecule has 0 aliphatic carbocycles. The van der Waals surface area contributed by atoms with Gasteiger partial charge in [-0.3, -0.25) is 0 Å². The monoisotopic (exact) mass is 443 g/mol. The van der Waals surface area contributed by atoms with E-state index in [-0.39, 0.29) is 0 Å². The Morgan fingerprint density at radius 1 is 0.625 bits per heavy atom. The number of nitrogens with two attached hydrogens (primary N) is 1. The van der Waals surface area contributed by atoms with Gasteiger partial charge in [0.15, 0.2) is 0 Å². The molecule has 6 heteroatoms. The molecule has 130 valence electrons. The van der Waals surface area contributed by atoms with E-state index in [0.29, 0.717) is 39.6 Å². The van der Waals surface area contributed by atoms with Crippen LogP contribution in [0.15, 0.2) is 48.5 Å². The predicted molar refractivity (Wildman–Crippen MR) is 103 cm³/mol. The molecule has 2 N–H and O–H groups in total. The number of hydrogen-bond donors (Lipinski definition) is 1. The Morgan fingerprint density at radius 3 is 1.54 bits per heavy atom. The van der Waals surface area contributed by atoms with Crippen LogP contribution in [0.25, 0.3) is 0 Å². The zero-order valence-electron chi connectivity index (χ0n) is 13.4. The standard InChI is InChI=1S/C18H22INO4/c19-15-1-5-17(6-2-15)23-13-11-21-9-10-22-12-14-24-18-7-3-16(20)4-8-18/h1-8H,9-14,20H2. The van der Waals surface area contributed by atoms with Crippen LogP contribution in [-0.4, -0.2) is 39.6 Å². The van der Waals surface area contributed by atoms with Gasteiger partial charge < -0.3 is 24.7 Å². The zero-order chi connectivity index (χ0) is 17.0. The van der Waals surface area contributed by atoms with E-state index in [0.717, 1.165) is 17.2 Å². The molecule has 0 amide bonds. The Balaban J connectivity index is 1.40. The van der Waals surface area contributed by atoms with Gasteiger partial charge in [-0.05, 0) is 71.1 Å². The smallest absolute Gasteiger partial charge is 0.119 e. The van der Waals surface area contributed by atoms with Crippen LogP contribution in [0, 0.1) is 3.57 Å². The highest BCUT2D eigenvalue weighted by molar-refractivity contribution is 14.1. The second-order valence-electron chi connectivity index (χ2n) is 4.94. The van der Waals surface area contributed by atoms with Crippen molar-refractivity contribution in [3.8, 4) is 11.5 Å². The van der Waals surface area contributed by atoms with Crippen molar-refractivity contribution in [3.63, 3.8) is 0 Å². The molecule has 0 aromatic heterocycles. The van der Waals surface area contributed by atoms with E-state index in [1.807, 2.05) is 48.5 Å². The summed E-state index contributed by atoms with van der Waals surface area (Å²) in [4.78, 5) is 0. The number of nitrogen functional groups attached to an aromatic ring is 1. The first kappa shape index (κ1) is 18.8. The van der Waals surface area contributed by atoms with Crippen LogP contribution >= 0.6 is 22.6 Å². The molecule has 0 saturated heterocycles. The van der Waals surface area contributed by atoms with Gasteiger partial charge in [-0.25, -0.2) is 0 Å². The van der Waals surface area contributed by atoms with Crippen molar-refractivity contribution < 1.29 is 18.9 Å². The Bertz CT molecular complexity index is 521. The van der Waals surface area contributed by atoms with Gasteiger partial charge in [0.2, 0.25) is 0 Å². The second-order valence-corrected chi connectivity index (χ2v) is 6.19. The second kappa shape index (κ2) is 11.1. The summed E-state index contributed by atoms with van der Waals surface area (Å²) in [6.45, 7) is 3.16. The summed E-state index contributed by atoms with van der Waals surface area (Å²) in [7, 11) is 0. The average Bonchev–Trinajstić information content (AvgIpc) is 2.60. The lowest BCUT2D eigenvalue weighted by Gasteiger charge is -2.09. The van der Waals surface area contributed by atoms with Crippen LogP contribution in [0.1, 0.15) is 0 Å². The molecule has 0 fully saturated rings. The Kier molecular flexibility index (Phi) is 8.72. The molecule has 0 atom stereocenters. The lowest BCUT2D eigenvalue weighted by Crippen LogP contribution is -2.13. The van der Waals surface area contributed by atoms with Gasteiger partial charge in [-0.1, -0.05) is 0 Å². The van der Waals surface area contributed by atoms with Crippen molar-refractivity contribution in [2.24, 2.45) is 0 Å². The van der Waals surface area contributed by atoms with Crippen LogP contribution in [0.5, 0.6) is 11.5 Å². The first-order chi connectivity index (χ1) is 11.7. The average molecular weight is 443 g/mol. The third-order valence-electron chi connectivity index (χ3n) is 3.06. The van der Waals surface area contributed by atoms with Crippen LogP contribution in [-0.2, 0) is 9.47 Å². The summed E-state index contributed by atoms with van der Waals surface area (Å²) in [5.41, 5.74) is 6.33. The first-order valence-corrected chi connectivity index (χ1v) is 8.84. The minimum absolute atomic E-state index is 0.500. The lowest BCUT2D eigenvalue weighted by molar-refractivity contribution is 0.0273.